The minimum Gasteiger partial charge on any atom is -0.505 e. The van der Waals surface area contributed by atoms with Crippen molar-refractivity contribution in [1.29, 1.82) is 0 Å². The fraction of sp³-hybridized carbons (Fsp3) is 0.0667. The van der Waals surface area contributed by atoms with Gasteiger partial charge in [-0.15, -0.1) is 0 Å². The number of amides is 1. The Morgan fingerprint density at radius 2 is 1.63 bits per heavy atom. The van der Waals surface area contributed by atoms with E-state index in [1.807, 2.05) is 0 Å². The molecule has 5 N–H and O–H groups in total. The highest BCUT2D eigenvalue weighted by atomic mass is 79.9. The Morgan fingerprint density at radius 1 is 0.953 bits per heavy atom. The minimum absolute atomic E-state index is 0.0469. The van der Waals surface area contributed by atoms with Crippen LogP contribution in [0.3, 0.4) is 0 Å². The van der Waals surface area contributed by atoms with E-state index in [4.69, 9.17) is 10.8 Å². The highest BCUT2D eigenvalue weighted by molar-refractivity contribution is 9.10. The van der Waals surface area contributed by atoms with E-state index in [2.05, 4.69) is 26.2 Å². The Kier molecular flexibility index (Phi) is 9.27. The fourth-order valence-corrected chi connectivity index (χ4v) is 5.84. The van der Waals surface area contributed by atoms with Gasteiger partial charge >= 0.3 is 5.97 Å². The molecular weight excluding hydrogens is 640 g/mol. The number of aromatic nitrogens is 1. The van der Waals surface area contributed by atoms with Crippen molar-refractivity contribution in [3.8, 4) is 0 Å². The van der Waals surface area contributed by atoms with Crippen LogP contribution in [0.25, 0.3) is 5.76 Å². The van der Waals surface area contributed by atoms with Crippen LogP contribution in [-0.2, 0) is 26.0 Å². The number of carboxylic acid groups (broad SMARTS) is 1. The second-order valence-electron chi connectivity index (χ2n) is 9.12. The maximum absolute atomic E-state index is 12.5. The van der Waals surface area contributed by atoms with Gasteiger partial charge in [-0.3, -0.25) is 18.7 Å². The number of fused-ring (bicyclic) bond motifs is 1. The molecule has 3 aromatic carbocycles. The van der Waals surface area contributed by atoms with Gasteiger partial charge in [0.05, 0.1) is 11.3 Å². The number of nitrogen functional groups attached to an aromatic ring is 1. The van der Waals surface area contributed by atoms with Gasteiger partial charge < -0.3 is 21.3 Å². The minimum atomic E-state index is -3.91. The molecule has 0 radical (unpaired) electrons. The maximum atomic E-state index is 12.5. The molecule has 0 aliphatic carbocycles. The number of halogens is 1. The van der Waals surface area contributed by atoms with Gasteiger partial charge in [-0.05, 0) is 60.2 Å². The number of benzene rings is 3. The highest BCUT2D eigenvalue weighted by Gasteiger charge is 2.37. The maximum Gasteiger partial charge on any atom is 0.307 e. The average molecular weight is 666 g/mol. The van der Waals surface area contributed by atoms with Crippen molar-refractivity contribution in [2.75, 3.05) is 18.1 Å². The van der Waals surface area contributed by atoms with E-state index in [0.717, 1.165) is 8.78 Å². The molecule has 1 amide bonds. The summed E-state index contributed by atoms with van der Waals surface area (Å²) in [4.78, 5) is 39.4. The summed E-state index contributed by atoms with van der Waals surface area (Å²) in [5.41, 5.74) is 7.15. The van der Waals surface area contributed by atoms with Gasteiger partial charge in [-0.1, -0.05) is 46.3 Å². The summed E-state index contributed by atoms with van der Waals surface area (Å²) in [6, 6.07) is 22.6. The number of carbonyl (C=O) groups is 3. The second kappa shape index (κ2) is 12.9. The summed E-state index contributed by atoms with van der Waals surface area (Å²) in [5, 5.41) is 21.7. The number of likely N-dealkylation sites (N-methyl/N-ethyl adjacent to an activating group) is 1. The number of para-hydroxylation sites is 1. The van der Waals surface area contributed by atoms with Crippen LogP contribution in [0.2, 0.25) is 0 Å². The number of rotatable bonds is 6. The number of aliphatic hydroxyl groups is 1. The zero-order valence-corrected chi connectivity index (χ0v) is 25.0. The highest BCUT2D eigenvalue weighted by Crippen LogP contribution is 2.34. The topological polar surface area (TPSA) is 180 Å². The molecule has 11 nitrogen and oxygen atoms in total. The Balaban J connectivity index is 0.000000199. The molecule has 5 rings (SSSR count). The molecule has 1 aliphatic heterocycles. The number of carboxylic acids is 1. The Hall–Kier alpha value is -5.01. The van der Waals surface area contributed by atoms with Gasteiger partial charge in [0.1, 0.15) is 5.82 Å². The number of nitrogens with zero attached hydrogens (tertiary/aromatic N) is 2. The van der Waals surface area contributed by atoms with Crippen LogP contribution in [-0.4, -0.2) is 52.6 Å². The van der Waals surface area contributed by atoms with Gasteiger partial charge in [0.25, 0.3) is 15.9 Å². The first-order chi connectivity index (χ1) is 20.4. The van der Waals surface area contributed by atoms with E-state index in [-0.39, 0.29) is 39.9 Å². The number of anilines is 2. The molecule has 0 unspecified atom stereocenters. The smallest absolute Gasteiger partial charge is 0.307 e. The first kappa shape index (κ1) is 30.9. The van der Waals surface area contributed by atoms with Crippen LogP contribution in [0.15, 0.2) is 106 Å². The van der Waals surface area contributed by atoms with Gasteiger partial charge in [0, 0.05) is 40.1 Å². The first-order valence-corrected chi connectivity index (χ1v) is 14.8. The number of aliphatic hydroxyl groups excluding tert-OH is 1. The van der Waals surface area contributed by atoms with E-state index in [0.29, 0.717) is 16.7 Å². The summed E-state index contributed by atoms with van der Waals surface area (Å²) in [6.45, 7) is 0. The molecule has 1 aliphatic rings. The standard InChI is InChI=1S/C15H12BrNO3.C15H13N3O4S/c16-11-6-4-9(5-7-11)15(20)12-3-1-2-10(14(12)17)8-13(18)19;1-18-13(15(20)17-12-8-4-5-9-16-12)14(19)10-6-2-3-7-11(10)23(18,21)22/h1-7H,8,17H2,(H,18,19);2-9,19H,1H3,(H,16,17,20). The fourth-order valence-electron chi connectivity index (χ4n) is 4.18. The predicted molar refractivity (Wildman–Crippen MR) is 164 cm³/mol. The molecular formula is C30H25BrN4O7S. The number of ketones is 1. The van der Waals surface area contributed by atoms with Crippen LogP contribution >= 0.6 is 15.9 Å². The molecule has 0 saturated heterocycles. The molecule has 0 fully saturated rings. The van der Waals surface area contributed by atoms with Crippen LogP contribution in [0.5, 0.6) is 0 Å². The first-order valence-electron chi connectivity index (χ1n) is 12.5. The van der Waals surface area contributed by atoms with Crippen molar-refractivity contribution in [2.45, 2.75) is 11.3 Å². The lowest BCUT2D eigenvalue weighted by Gasteiger charge is -2.28. The largest absolute Gasteiger partial charge is 0.505 e. The number of nitrogens with two attached hydrogens (primary N) is 1. The summed E-state index contributed by atoms with van der Waals surface area (Å²) >= 11 is 3.30. The SMILES string of the molecule is CN1C(C(=O)Nc2ccccn2)=C(O)c2ccccc2S1(=O)=O.Nc1c(CC(=O)O)cccc1C(=O)c1ccc(Br)cc1. The number of hydrogen-bond acceptors (Lipinski definition) is 8. The van der Waals surface area contributed by atoms with Gasteiger partial charge in [0.2, 0.25) is 0 Å². The summed E-state index contributed by atoms with van der Waals surface area (Å²) in [5.74, 6) is -2.11. The molecule has 43 heavy (non-hydrogen) atoms. The van der Waals surface area contributed by atoms with Crippen molar-refractivity contribution in [3.05, 3.63) is 124 Å². The van der Waals surface area contributed by atoms with E-state index >= 15 is 0 Å². The van der Waals surface area contributed by atoms with Crippen molar-refractivity contribution in [3.63, 3.8) is 0 Å². The molecule has 2 heterocycles. The van der Waals surface area contributed by atoms with Crippen LogP contribution in [0.4, 0.5) is 11.5 Å². The van der Waals surface area contributed by atoms with E-state index in [1.165, 1.54) is 25.4 Å². The molecule has 0 atom stereocenters. The van der Waals surface area contributed by atoms with E-state index in [9.17, 15) is 27.9 Å². The molecule has 0 bridgehead atoms. The number of carbonyl (C=O) groups excluding carboxylic acids is 2. The normalized spacial score (nSPS) is 13.3. The van der Waals surface area contributed by atoms with Gasteiger partial charge in [-0.25, -0.2) is 13.4 Å². The van der Waals surface area contributed by atoms with Crippen molar-refractivity contribution in [1.82, 2.24) is 9.29 Å². The monoisotopic (exact) mass is 664 g/mol. The third-order valence-electron chi connectivity index (χ3n) is 6.33. The molecule has 1 aromatic heterocycles. The number of hydrogen-bond donors (Lipinski definition) is 4. The van der Waals surface area contributed by atoms with Crippen molar-refractivity contribution in [2.24, 2.45) is 0 Å². The molecule has 4 aromatic rings. The third kappa shape index (κ3) is 6.74. The Labute approximate surface area is 255 Å². The lowest BCUT2D eigenvalue weighted by molar-refractivity contribution is -0.136. The number of pyridine rings is 1. The number of nitrogens with one attached hydrogen (secondary N) is 1. The summed E-state index contributed by atoms with van der Waals surface area (Å²) in [7, 11) is -2.69. The third-order valence-corrected chi connectivity index (χ3v) is 8.67. The Bertz CT molecular complexity index is 1840. The lowest BCUT2D eigenvalue weighted by atomic mass is 9.98. The lowest BCUT2D eigenvalue weighted by Crippen LogP contribution is -2.37. The second-order valence-corrected chi connectivity index (χ2v) is 12.0. The number of aliphatic carboxylic acids is 1. The molecule has 220 valence electrons. The van der Waals surface area contributed by atoms with Crippen LogP contribution < -0.4 is 11.1 Å². The van der Waals surface area contributed by atoms with Crippen molar-refractivity contribution < 1.29 is 33.0 Å². The van der Waals surface area contributed by atoms with Crippen LogP contribution in [0.1, 0.15) is 27.0 Å². The van der Waals surface area contributed by atoms with E-state index < -0.39 is 27.7 Å². The van der Waals surface area contributed by atoms with Gasteiger partial charge in [-0.2, -0.15) is 0 Å². The zero-order chi connectivity index (χ0) is 31.3. The molecule has 13 heteroatoms. The summed E-state index contributed by atoms with van der Waals surface area (Å²) in [6.07, 6.45) is 1.29. The van der Waals surface area contributed by atoms with Crippen LogP contribution in [0, 0.1) is 0 Å². The number of sulfonamides is 1. The molecule has 0 saturated carbocycles. The Morgan fingerprint density at radius 3 is 2.28 bits per heavy atom. The predicted octanol–water partition coefficient (Wildman–Crippen LogP) is 4.47. The van der Waals surface area contributed by atoms with E-state index in [1.54, 1.807) is 72.8 Å². The summed E-state index contributed by atoms with van der Waals surface area (Å²) < 4.78 is 26.6. The molecule has 0 spiro atoms. The zero-order valence-electron chi connectivity index (χ0n) is 22.6. The quantitative estimate of drug-likeness (QED) is 0.171. The van der Waals surface area contributed by atoms with Crippen molar-refractivity contribution >= 4 is 60.9 Å². The average Bonchev–Trinajstić information content (AvgIpc) is 2.98. The van der Waals surface area contributed by atoms with Gasteiger partial charge in [0.15, 0.2) is 17.2 Å².